The second-order valence-electron chi connectivity index (χ2n) is 4.76. The van der Waals surface area contributed by atoms with Gasteiger partial charge >= 0.3 is 5.97 Å². The number of aliphatic carboxylic acids is 1. The van der Waals surface area contributed by atoms with Crippen molar-refractivity contribution in [1.82, 2.24) is 0 Å². The van der Waals surface area contributed by atoms with Crippen molar-refractivity contribution in [3.8, 4) is 0 Å². The van der Waals surface area contributed by atoms with Crippen molar-refractivity contribution in [1.29, 1.82) is 0 Å². The van der Waals surface area contributed by atoms with Gasteiger partial charge in [0, 0.05) is 0 Å². The van der Waals surface area contributed by atoms with Crippen LogP contribution in [0.25, 0.3) is 0 Å². The molecule has 1 rings (SSSR count). The van der Waals surface area contributed by atoms with Gasteiger partial charge in [-0.15, -0.1) is 0 Å². The van der Waals surface area contributed by atoms with E-state index in [0.717, 1.165) is 5.56 Å². The number of carboxylic acid groups (broad SMARTS) is 1. The van der Waals surface area contributed by atoms with Crippen molar-refractivity contribution in [2.45, 2.75) is 25.7 Å². The minimum absolute atomic E-state index is 0.173. The van der Waals surface area contributed by atoms with Crippen molar-refractivity contribution >= 4 is 15.8 Å². The average molecular weight is 256 g/mol. The van der Waals surface area contributed by atoms with Crippen LogP contribution in [-0.2, 0) is 14.6 Å². The quantitative estimate of drug-likeness (QED) is 0.892. The van der Waals surface area contributed by atoms with Crippen LogP contribution in [-0.4, -0.2) is 25.2 Å². The van der Waals surface area contributed by atoms with Crippen LogP contribution in [0.15, 0.2) is 29.2 Å². The van der Waals surface area contributed by atoms with Gasteiger partial charge in [-0.25, -0.2) is 8.42 Å². The Balaban J connectivity index is 3.10. The summed E-state index contributed by atoms with van der Waals surface area (Å²) in [4.78, 5) is 11.1. The fraction of sp³-hybridized carbons (Fsp3) is 0.417. The number of hydrogen-bond donors (Lipinski definition) is 1. The van der Waals surface area contributed by atoms with Crippen LogP contribution >= 0.6 is 0 Å². The Morgan fingerprint density at radius 1 is 1.35 bits per heavy atom. The van der Waals surface area contributed by atoms with Gasteiger partial charge in [-0.1, -0.05) is 12.1 Å². The first-order valence-electron chi connectivity index (χ1n) is 5.18. The highest BCUT2D eigenvalue weighted by molar-refractivity contribution is 7.91. The molecule has 17 heavy (non-hydrogen) atoms. The maximum atomic E-state index is 12.0. The lowest BCUT2D eigenvalue weighted by Gasteiger charge is -2.18. The number of hydrogen-bond acceptors (Lipinski definition) is 3. The molecule has 0 radical (unpaired) electrons. The molecule has 4 nitrogen and oxygen atoms in total. The zero-order valence-corrected chi connectivity index (χ0v) is 10.9. The van der Waals surface area contributed by atoms with E-state index in [1.54, 1.807) is 25.1 Å². The summed E-state index contributed by atoms with van der Waals surface area (Å²) >= 11 is 0. The summed E-state index contributed by atoms with van der Waals surface area (Å²) in [5, 5.41) is 8.94. The maximum Gasteiger partial charge on any atom is 0.310 e. The smallest absolute Gasteiger partial charge is 0.310 e. The topological polar surface area (TPSA) is 71.4 Å². The van der Waals surface area contributed by atoms with Crippen LogP contribution in [0.2, 0.25) is 0 Å². The third-order valence-corrected chi connectivity index (χ3v) is 4.55. The van der Waals surface area contributed by atoms with Crippen molar-refractivity contribution in [2.75, 3.05) is 5.75 Å². The Labute approximate surface area is 101 Å². The Kier molecular flexibility index (Phi) is 3.62. The molecule has 0 amide bonds. The van der Waals surface area contributed by atoms with Gasteiger partial charge < -0.3 is 5.11 Å². The summed E-state index contributed by atoms with van der Waals surface area (Å²) in [5.74, 6) is -1.52. The lowest BCUT2D eigenvalue weighted by Crippen LogP contribution is -2.32. The molecule has 1 N–H and O–H groups in total. The molecule has 1 aromatic carbocycles. The largest absolute Gasteiger partial charge is 0.481 e. The second-order valence-corrected chi connectivity index (χ2v) is 6.75. The predicted octanol–water partition coefficient (Wildman–Crippen LogP) is 1.88. The first-order valence-corrected chi connectivity index (χ1v) is 6.83. The molecule has 0 aliphatic rings. The molecule has 0 atom stereocenters. The third-order valence-electron chi connectivity index (χ3n) is 2.48. The van der Waals surface area contributed by atoms with Crippen molar-refractivity contribution < 1.29 is 18.3 Å². The number of carboxylic acids is 1. The number of carbonyl (C=O) groups is 1. The van der Waals surface area contributed by atoms with E-state index in [1.165, 1.54) is 19.9 Å². The van der Waals surface area contributed by atoms with E-state index >= 15 is 0 Å². The van der Waals surface area contributed by atoms with E-state index in [1.807, 2.05) is 0 Å². The molecule has 0 saturated heterocycles. The van der Waals surface area contributed by atoms with Crippen LogP contribution in [0.1, 0.15) is 19.4 Å². The first kappa shape index (κ1) is 13.7. The van der Waals surface area contributed by atoms with Crippen molar-refractivity contribution in [2.24, 2.45) is 5.41 Å². The van der Waals surface area contributed by atoms with Crippen LogP contribution in [0.5, 0.6) is 0 Å². The first-order chi connectivity index (χ1) is 7.65. The van der Waals surface area contributed by atoms with Gasteiger partial charge in [-0.3, -0.25) is 4.79 Å². The second kappa shape index (κ2) is 4.49. The Morgan fingerprint density at radius 2 is 1.94 bits per heavy atom. The molecular formula is C12H16O4S. The SMILES string of the molecule is Cc1cccc(S(=O)(=O)CC(C)(C)C(=O)O)c1. The molecule has 0 aromatic heterocycles. The number of aryl methyl sites for hydroxylation is 1. The summed E-state index contributed by atoms with van der Waals surface area (Å²) in [6.45, 7) is 4.60. The minimum Gasteiger partial charge on any atom is -0.481 e. The van der Waals surface area contributed by atoms with Gasteiger partial charge in [-0.2, -0.15) is 0 Å². The van der Waals surface area contributed by atoms with E-state index in [4.69, 9.17) is 5.11 Å². The van der Waals surface area contributed by atoms with E-state index in [-0.39, 0.29) is 4.90 Å². The molecule has 1 aromatic rings. The van der Waals surface area contributed by atoms with Gasteiger partial charge in [0.1, 0.15) is 0 Å². The summed E-state index contributed by atoms with van der Waals surface area (Å²) in [6, 6.07) is 6.48. The van der Waals surface area contributed by atoms with Gasteiger partial charge in [0.05, 0.1) is 16.1 Å². The van der Waals surface area contributed by atoms with Crippen LogP contribution in [0, 0.1) is 12.3 Å². The highest BCUT2D eigenvalue weighted by atomic mass is 32.2. The van der Waals surface area contributed by atoms with E-state index in [0.29, 0.717) is 0 Å². The summed E-state index contributed by atoms with van der Waals surface area (Å²) in [7, 11) is -3.57. The summed E-state index contributed by atoms with van der Waals surface area (Å²) in [5.41, 5.74) is -0.457. The fourth-order valence-corrected chi connectivity index (χ4v) is 3.32. The fourth-order valence-electron chi connectivity index (χ4n) is 1.43. The highest BCUT2D eigenvalue weighted by Gasteiger charge is 2.34. The summed E-state index contributed by atoms with van der Waals surface area (Å²) < 4.78 is 24.1. The molecule has 0 aliphatic carbocycles. The third kappa shape index (κ3) is 3.30. The van der Waals surface area contributed by atoms with Gasteiger partial charge in [0.25, 0.3) is 0 Å². The van der Waals surface area contributed by atoms with Gasteiger partial charge in [0.2, 0.25) is 0 Å². The van der Waals surface area contributed by atoms with E-state index < -0.39 is 27.0 Å². The molecule has 0 unspecified atom stereocenters. The average Bonchev–Trinajstić information content (AvgIpc) is 2.15. The van der Waals surface area contributed by atoms with Crippen molar-refractivity contribution in [3.63, 3.8) is 0 Å². The van der Waals surface area contributed by atoms with Crippen molar-refractivity contribution in [3.05, 3.63) is 29.8 Å². The van der Waals surface area contributed by atoms with Gasteiger partial charge in [0.15, 0.2) is 9.84 Å². The Hall–Kier alpha value is -1.36. The highest BCUT2D eigenvalue weighted by Crippen LogP contribution is 2.23. The monoisotopic (exact) mass is 256 g/mol. The Bertz CT molecular complexity index is 529. The number of sulfone groups is 1. The Morgan fingerprint density at radius 3 is 2.41 bits per heavy atom. The summed E-state index contributed by atoms with van der Waals surface area (Å²) in [6.07, 6.45) is 0. The zero-order chi connectivity index (χ0) is 13.3. The molecule has 0 aliphatic heterocycles. The molecule has 94 valence electrons. The molecule has 5 heteroatoms. The normalized spacial score (nSPS) is 12.4. The number of benzene rings is 1. The lowest BCUT2D eigenvalue weighted by atomic mass is 9.97. The predicted molar refractivity (Wildman–Crippen MR) is 64.6 cm³/mol. The van der Waals surface area contributed by atoms with Crippen LogP contribution in [0.4, 0.5) is 0 Å². The molecule has 0 heterocycles. The molecule has 0 saturated carbocycles. The van der Waals surface area contributed by atoms with E-state index in [2.05, 4.69) is 0 Å². The van der Waals surface area contributed by atoms with Gasteiger partial charge in [-0.05, 0) is 38.5 Å². The maximum absolute atomic E-state index is 12.0. The molecular weight excluding hydrogens is 240 g/mol. The molecule has 0 bridgehead atoms. The standard InChI is InChI=1S/C12H16O4S/c1-9-5-4-6-10(7-9)17(15,16)8-12(2,3)11(13)14/h4-7H,8H2,1-3H3,(H,13,14). The van der Waals surface area contributed by atoms with E-state index in [9.17, 15) is 13.2 Å². The van der Waals surface area contributed by atoms with Crippen LogP contribution in [0.3, 0.4) is 0 Å². The minimum atomic E-state index is -3.57. The zero-order valence-electron chi connectivity index (χ0n) is 10.1. The van der Waals surface area contributed by atoms with Crippen LogP contribution < -0.4 is 0 Å². The molecule has 0 fully saturated rings. The molecule has 0 spiro atoms. The number of rotatable bonds is 4. The lowest BCUT2D eigenvalue weighted by molar-refractivity contribution is -0.145.